The van der Waals surface area contributed by atoms with Crippen LogP contribution in [0.1, 0.15) is 26.2 Å². The summed E-state index contributed by atoms with van der Waals surface area (Å²) in [6.07, 6.45) is 3.50. The highest BCUT2D eigenvalue weighted by atomic mass is 32.2. The normalized spacial score (nSPS) is 13.2. The number of ether oxygens (including phenoxy) is 1. The summed E-state index contributed by atoms with van der Waals surface area (Å²) in [4.78, 5) is 0. The summed E-state index contributed by atoms with van der Waals surface area (Å²) in [5.41, 5.74) is 5.77. The van der Waals surface area contributed by atoms with E-state index in [1.807, 2.05) is 11.8 Å². The maximum atomic E-state index is 5.77. The van der Waals surface area contributed by atoms with Crippen LogP contribution in [-0.4, -0.2) is 31.3 Å². The first-order chi connectivity index (χ1) is 5.81. The van der Waals surface area contributed by atoms with Crippen LogP contribution in [0.25, 0.3) is 0 Å². The minimum absolute atomic E-state index is 0.387. The van der Waals surface area contributed by atoms with Crippen molar-refractivity contribution in [2.45, 2.75) is 32.2 Å². The second kappa shape index (κ2) is 9.36. The average Bonchev–Trinajstić information content (AvgIpc) is 2.10. The Hall–Kier alpha value is 0.270. The van der Waals surface area contributed by atoms with E-state index < -0.39 is 0 Å². The van der Waals surface area contributed by atoms with Crippen molar-refractivity contribution in [3.8, 4) is 0 Å². The third-order valence-corrected chi connectivity index (χ3v) is 2.98. The van der Waals surface area contributed by atoms with E-state index in [-0.39, 0.29) is 0 Å². The summed E-state index contributed by atoms with van der Waals surface area (Å²) in [6, 6.07) is 0.387. The molecule has 3 heteroatoms. The number of methoxy groups -OCH3 is 1. The molecule has 0 bridgehead atoms. The minimum atomic E-state index is 0.387. The molecule has 0 saturated heterocycles. The molecule has 12 heavy (non-hydrogen) atoms. The van der Waals surface area contributed by atoms with E-state index in [9.17, 15) is 0 Å². The molecule has 0 spiro atoms. The lowest BCUT2D eigenvalue weighted by atomic mass is 10.3. The smallest absolute Gasteiger partial charge is 0.0462 e. The Balaban J connectivity index is 2.90. The summed E-state index contributed by atoms with van der Waals surface area (Å²) >= 11 is 1.96. The Kier molecular flexibility index (Phi) is 9.57. The molecule has 0 rings (SSSR count). The molecular formula is C9H21NOS. The maximum Gasteiger partial charge on any atom is 0.0462 e. The fourth-order valence-electron chi connectivity index (χ4n) is 0.803. The second-order valence-corrected chi connectivity index (χ2v) is 4.09. The van der Waals surface area contributed by atoms with Gasteiger partial charge in [0.2, 0.25) is 0 Å². The molecule has 1 atom stereocenters. The van der Waals surface area contributed by atoms with E-state index in [1.165, 1.54) is 18.6 Å². The molecule has 0 aromatic carbocycles. The minimum Gasteiger partial charge on any atom is -0.385 e. The van der Waals surface area contributed by atoms with Crippen molar-refractivity contribution in [1.29, 1.82) is 0 Å². The molecular weight excluding hydrogens is 170 g/mol. The molecule has 0 aromatic heterocycles. The van der Waals surface area contributed by atoms with E-state index in [4.69, 9.17) is 10.5 Å². The molecule has 2 N–H and O–H groups in total. The first kappa shape index (κ1) is 12.3. The van der Waals surface area contributed by atoms with Gasteiger partial charge in [-0.3, -0.25) is 0 Å². The molecule has 0 fully saturated rings. The van der Waals surface area contributed by atoms with Crippen molar-refractivity contribution in [3.05, 3.63) is 0 Å². The topological polar surface area (TPSA) is 35.2 Å². The molecule has 0 aliphatic rings. The third-order valence-electron chi connectivity index (χ3n) is 1.74. The number of nitrogens with two attached hydrogens (primary N) is 1. The Morgan fingerprint density at radius 2 is 2.17 bits per heavy atom. The van der Waals surface area contributed by atoms with E-state index in [1.54, 1.807) is 7.11 Å². The lowest BCUT2D eigenvalue weighted by Gasteiger charge is -2.07. The van der Waals surface area contributed by atoms with Crippen LogP contribution in [0.15, 0.2) is 0 Å². The summed E-state index contributed by atoms with van der Waals surface area (Å²) < 4.78 is 4.96. The number of hydrogen-bond acceptors (Lipinski definition) is 3. The summed E-state index contributed by atoms with van der Waals surface area (Å²) in [5, 5.41) is 0. The number of rotatable bonds is 8. The summed E-state index contributed by atoms with van der Waals surface area (Å²) in [7, 11) is 1.75. The predicted octanol–water partition coefficient (Wildman–Crippen LogP) is 1.88. The zero-order valence-electron chi connectivity index (χ0n) is 8.21. The highest BCUT2D eigenvalue weighted by molar-refractivity contribution is 7.99. The van der Waals surface area contributed by atoms with Crippen LogP contribution in [0.2, 0.25) is 0 Å². The van der Waals surface area contributed by atoms with Crippen LogP contribution in [0.5, 0.6) is 0 Å². The van der Waals surface area contributed by atoms with Crippen LogP contribution >= 0.6 is 11.8 Å². The van der Waals surface area contributed by atoms with Crippen LogP contribution in [-0.2, 0) is 4.74 Å². The molecule has 0 aromatic rings. The largest absolute Gasteiger partial charge is 0.385 e. The number of hydrogen-bond donors (Lipinski definition) is 1. The van der Waals surface area contributed by atoms with Gasteiger partial charge in [0.05, 0.1) is 0 Å². The van der Waals surface area contributed by atoms with Gasteiger partial charge in [-0.05, 0) is 25.0 Å². The Bertz CT molecular complexity index is 90.6. The fraction of sp³-hybridized carbons (Fsp3) is 1.00. The van der Waals surface area contributed by atoms with Gasteiger partial charge >= 0.3 is 0 Å². The van der Waals surface area contributed by atoms with Crippen LogP contribution in [0.3, 0.4) is 0 Å². The number of thioether (sulfide) groups is 1. The molecule has 2 nitrogen and oxygen atoms in total. The number of unbranched alkanes of at least 4 members (excludes halogenated alkanes) is 1. The predicted molar refractivity (Wildman–Crippen MR) is 56.7 cm³/mol. The summed E-state index contributed by atoms with van der Waals surface area (Å²) in [5.74, 6) is 2.32. The van der Waals surface area contributed by atoms with E-state index >= 15 is 0 Å². The SMILES string of the molecule is CCC(N)CSCCCCOC. The van der Waals surface area contributed by atoms with Gasteiger partial charge in [0.1, 0.15) is 0 Å². The standard InChI is InChI=1S/C9H21NOS/c1-3-9(10)8-12-7-5-4-6-11-2/h9H,3-8,10H2,1-2H3. The average molecular weight is 191 g/mol. The first-order valence-corrected chi connectivity index (χ1v) is 5.79. The van der Waals surface area contributed by atoms with Crippen LogP contribution in [0, 0.1) is 0 Å². The maximum absolute atomic E-state index is 5.77. The van der Waals surface area contributed by atoms with Gasteiger partial charge in [-0.2, -0.15) is 11.8 Å². The molecule has 0 saturated carbocycles. The van der Waals surface area contributed by atoms with Crippen molar-refractivity contribution in [3.63, 3.8) is 0 Å². The van der Waals surface area contributed by atoms with Gasteiger partial charge in [0, 0.05) is 25.5 Å². The van der Waals surface area contributed by atoms with Gasteiger partial charge in [0.25, 0.3) is 0 Å². The van der Waals surface area contributed by atoms with Crippen molar-refractivity contribution in [2.75, 3.05) is 25.2 Å². The zero-order chi connectivity index (χ0) is 9.23. The molecule has 0 heterocycles. The van der Waals surface area contributed by atoms with Gasteiger partial charge in [-0.1, -0.05) is 6.92 Å². The van der Waals surface area contributed by atoms with Gasteiger partial charge < -0.3 is 10.5 Å². The molecule has 0 aliphatic heterocycles. The molecule has 0 radical (unpaired) electrons. The third kappa shape index (κ3) is 8.37. The monoisotopic (exact) mass is 191 g/mol. The van der Waals surface area contributed by atoms with Gasteiger partial charge in [-0.15, -0.1) is 0 Å². The Labute approximate surface area is 80.2 Å². The van der Waals surface area contributed by atoms with Crippen molar-refractivity contribution in [2.24, 2.45) is 5.73 Å². The highest BCUT2D eigenvalue weighted by Gasteiger charge is 1.97. The Morgan fingerprint density at radius 1 is 1.42 bits per heavy atom. The van der Waals surface area contributed by atoms with Crippen molar-refractivity contribution < 1.29 is 4.74 Å². The van der Waals surface area contributed by atoms with Crippen molar-refractivity contribution >= 4 is 11.8 Å². The molecule has 0 amide bonds. The summed E-state index contributed by atoms with van der Waals surface area (Å²) in [6.45, 7) is 3.02. The fourth-order valence-corrected chi connectivity index (χ4v) is 1.92. The lowest BCUT2D eigenvalue weighted by molar-refractivity contribution is 0.194. The van der Waals surface area contributed by atoms with Crippen LogP contribution in [0.4, 0.5) is 0 Å². The van der Waals surface area contributed by atoms with E-state index in [2.05, 4.69) is 6.92 Å². The first-order valence-electron chi connectivity index (χ1n) is 4.63. The van der Waals surface area contributed by atoms with E-state index in [0.29, 0.717) is 6.04 Å². The van der Waals surface area contributed by atoms with Gasteiger partial charge in [-0.25, -0.2) is 0 Å². The van der Waals surface area contributed by atoms with E-state index in [0.717, 1.165) is 18.8 Å². The van der Waals surface area contributed by atoms with Crippen molar-refractivity contribution in [1.82, 2.24) is 0 Å². The molecule has 74 valence electrons. The van der Waals surface area contributed by atoms with Gasteiger partial charge in [0.15, 0.2) is 0 Å². The molecule has 1 unspecified atom stereocenters. The Morgan fingerprint density at radius 3 is 2.75 bits per heavy atom. The lowest BCUT2D eigenvalue weighted by Crippen LogP contribution is -2.21. The quantitative estimate of drug-likeness (QED) is 0.595. The molecule has 0 aliphatic carbocycles. The highest BCUT2D eigenvalue weighted by Crippen LogP contribution is 2.06. The zero-order valence-corrected chi connectivity index (χ0v) is 9.03. The second-order valence-electron chi connectivity index (χ2n) is 2.94. The van der Waals surface area contributed by atoms with Crippen LogP contribution < -0.4 is 5.73 Å².